The molecule has 200 valence electrons. The first-order valence-electron chi connectivity index (χ1n) is 12.7. The topological polar surface area (TPSA) is 88.4 Å². The van der Waals surface area contributed by atoms with Crippen LogP contribution in [0, 0.1) is 5.92 Å². The van der Waals surface area contributed by atoms with Gasteiger partial charge in [0.1, 0.15) is 11.6 Å². The molecule has 1 aliphatic carbocycles. The summed E-state index contributed by atoms with van der Waals surface area (Å²) < 4.78 is 46.2. The molecule has 1 fully saturated rings. The van der Waals surface area contributed by atoms with Crippen LogP contribution in [-0.2, 0) is 35.3 Å². The molecule has 9 nitrogen and oxygen atoms in total. The molecule has 3 aliphatic rings. The van der Waals surface area contributed by atoms with E-state index < -0.39 is 12.0 Å². The molecule has 0 saturated heterocycles. The summed E-state index contributed by atoms with van der Waals surface area (Å²) in [6.45, 7) is 1.32. The van der Waals surface area contributed by atoms with Crippen molar-refractivity contribution in [2.75, 3.05) is 28.8 Å². The molecule has 2 aliphatic heterocycles. The second-order valence-corrected chi connectivity index (χ2v) is 9.97. The Hall–Kier alpha value is -3.67. The van der Waals surface area contributed by atoms with Crippen LogP contribution in [-0.4, -0.2) is 45.4 Å². The summed E-state index contributed by atoms with van der Waals surface area (Å²) in [6, 6.07) is 9.55. The number of hydrogen-bond donors (Lipinski definition) is 1. The van der Waals surface area contributed by atoms with Crippen molar-refractivity contribution >= 4 is 28.8 Å². The summed E-state index contributed by atoms with van der Waals surface area (Å²) in [6.07, 6.45) is 0.530. The van der Waals surface area contributed by atoms with Gasteiger partial charge in [-0.05, 0) is 49.9 Å². The van der Waals surface area contributed by atoms with Crippen LogP contribution in [0.15, 0.2) is 36.5 Å². The summed E-state index contributed by atoms with van der Waals surface area (Å²) in [4.78, 5) is 25.9. The third kappa shape index (κ3) is 4.57. The number of nitrogens with one attached hydrogen (secondary N) is 1. The molecule has 0 unspecified atom stereocenters. The number of fused-ring (bicyclic) bond motifs is 3. The minimum Gasteiger partial charge on any atom is -0.381 e. The Morgan fingerprint density at radius 1 is 1.11 bits per heavy atom. The number of halogens is 3. The zero-order valence-electron chi connectivity index (χ0n) is 20.9. The molecular formula is C26H28F3N7O2. The second kappa shape index (κ2) is 9.57. The second-order valence-electron chi connectivity index (χ2n) is 9.97. The van der Waals surface area contributed by atoms with Crippen molar-refractivity contribution in [2.24, 2.45) is 5.92 Å². The number of carbonyl (C=O) groups excluding carboxylic acids is 1. The van der Waals surface area contributed by atoms with E-state index in [9.17, 15) is 18.0 Å². The average Bonchev–Trinajstić information content (AvgIpc) is 3.29. The Kier molecular flexibility index (Phi) is 6.21. The number of carbonyl (C=O) groups is 1. The van der Waals surface area contributed by atoms with Gasteiger partial charge in [-0.1, -0.05) is 6.07 Å². The van der Waals surface area contributed by atoms with Crippen molar-refractivity contribution in [1.29, 1.82) is 0 Å². The van der Waals surface area contributed by atoms with Gasteiger partial charge in [0.05, 0.1) is 37.1 Å². The normalized spacial score (nSPS) is 21.2. The number of anilines is 4. The first kappa shape index (κ1) is 24.7. The highest BCUT2D eigenvalue weighted by Gasteiger charge is 2.38. The van der Waals surface area contributed by atoms with Crippen molar-refractivity contribution in [1.82, 2.24) is 19.7 Å². The maximum absolute atomic E-state index is 13.9. The Labute approximate surface area is 217 Å². The molecule has 38 heavy (non-hydrogen) atoms. The summed E-state index contributed by atoms with van der Waals surface area (Å²) in [7, 11) is 1.71. The fraction of sp³-hybridized carbons (Fsp3) is 0.462. The van der Waals surface area contributed by atoms with Gasteiger partial charge in [0.15, 0.2) is 0 Å². The maximum Gasteiger partial charge on any atom is 0.453 e. The van der Waals surface area contributed by atoms with Crippen molar-refractivity contribution in [3.05, 3.63) is 53.7 Å². The van der Waals surface area contributed by atoms with E-state index >= 15 is 0 Å². The van der Waals surface area contributed by atoms with Crippen LogP contribution in [0.5, 0.6) is 0 Å². The fourth-order valence-electron chi connectivity index (χ4n) is 5.55. The number of nitrogens with zero attached hydrogens (tertiary/aromatic N) is 6. The zero-order chi connectivity index (χ0) is 26.4. The van der Waals surface area contributed by atoms with E-state index in [0.717, 1.165) is 48.3 Å². The number of pyridine rings is 1. The van der Waals surface area contributed by atoms with E-state index in [2.05, 4.69) is 20.4 Å². The van der Waals surface area contributed by atoms with Crippen molar-refractivity contribution in [2.45, 2.75) is 57.6 Å². The molecule has 1 saturated carbocycles. The summed E-state index contributed by atoms with van der Waals surface area (Å²) in [5.74, 6) is -0.206. The number of rotatable bonds is 3. The summed E-state index contributed by atoms with van der Waals surface area (Å²) >= 11 is 0. The molecular weight excluding hydrogens is 499 g/mol. The first-order chi connectivity index (χ1) is 18.3. The predicted molar refractivity (Wildman–Crippen MR) is 134 cm³/mol. The molecule has 4 heterocycles. The van der Waals surface area contributed by atoms with Gasteiger partial charge < -0.3 is 19.9 Å². The van der Waals surface area contributed by atoms with Crippen LogP contribution < -0.4 is 15.1 Å². The number of methoxy groups -OCH3 is 1. The summed E-state index contributed by atoms with van der Waals surface area (Å²) in [5.41, 5.74) is 3.19. The standard InChI is InChI=1S/C26H28F3N7O2/c1-38-19-7-4-16(5-8-19)24(37)35-14-17-3-2-10-30-23(17)31-20-9-6-18(13-21(20)35)34-11-12-36-22(15-34)32-25(33-36)26(27,28)29/h2-3,6,9-10,13,16,19H,4-5,7-8,11-12,14-15H2,1H3,(H,30,31). The molecule has 0 atom stereocenters. The smallest absolute Gasteiger partial charge is 0.381 e. The Morgan fingerprint density at radius 2 is 1.92 bits per heavy atom. The van der Waals surface area contributed by atoms with Crippen LogP contribution in [0.2, 0.25) is 0 Å². The van der Waals surface area contributed by atoms with Gasteiger partial charge in [-0.15, -0.1) is 5.10 Å². The van der Waals surface area contributed by atoms with Crippen molar-refractivity contribution in [3.8, 4) is 0 Å². The minimum absolute atomic E-state index is 0.0599. The van der Waals surface area contributed by atoms with E-state index in [-0.39, 0.29) is 36.8 Å². The van der Waals surface area contributed by atoms with E-state index in [1.165, 1.54) is 4.68 Å². The SMILES string of the molecule is COC1CCC(C(=O)N2Cc3cccnc3Nc3ccc(N4CCn5nc(C(F)(F)F)nc5C4)cc32)CC1. The molecule has 0 radical (unpaired) electrons. The quantitative estimate of drug-likeness (QED) is 0.536. The molecule has 1 N–H and O–H groups in total. The number of amides is 1. The Morgan fingerprint density at radius 3 is 2.68 bits per heavy atom. The van der Waals surface area contributed by atoms with Gasteiger partial charge in [-0.3, -0.25) is 4.79 Å². The van der Waals surface area contributed by atoms with E-state index in [0.29, 0.717) is 18.9 Å². The lowest BCUT2D eigenvalue weighted by molar-refractivity contribution is -0.145. The van der Waals surface area contributed by atoms with Gasteiger partial charge >= 0.3 is 6.18 Å². The number of aromatic nitrogens is 4. The maximum atomic E-state index is 13.9. The lowest BCUT2D eigenvalue weighted by Gasteiger charge is -2.33. The minimum atomic E-state index is -4.59. The average molecular weight is 528 g/mol. The highest BCUT2D eigenvalue weighted by molar-refractivity contribution is 6.00. The van der Waals surface area contributed by atoms with Crippen molar-refractivity contribution in [3.63, 3.8) is 0 Å². The van der Waals surface area contributed by atoms with Gasteiger partial charge in [-0.25, -0.2) is 14.6 Å². The fourth-order valence-corrected chi connectivity index (χ4v) is 5.55. The van der Waals surface area contributed by atoms with Crippen LogP contribution in [0.4, 0.5) is 36.1 Å². The molecule has 3 aromatic rings. The number of hydrogen-bond acceptors (Lipinski definition) is 7. The number of benzene rings is 1. The van der Waals surface area contributed by atoms with Crippen LogP contribution >= 0.6 is 0 Å². The number of alkyl halides is 3. The first-order valence-corrected chi connectivity index (χ1v) is 12.7. The van der Waals surface area contributed by atoms with Gasteiger partial charge in [-0.2, -0.15) is 13.2 Å². The van der Waals surface area contributed by atoms with E-state index in [1.54, 1.807) is 13.3 Å². The third-order valence-electron chi connectivity index (χ3n) is 7.65. The Balaban J connectivity index is 1.32. The van der Waals surface area contributed by atoms with E-state index in [4.69, 9.17) is 4.74 Å². The zero-order valence-corrected chi connectivity index (χ0v) is 20.9. The molecule has 0 bridgehead atoms. The molecule has 0 spiro atoms. The predicted octanol–water partition coefficient (Wildman–Crippen LogP) is 4.51. The van der Waals surface area contributed by atoms with E-state index in [1.807, 2.05) is 40.1 Å². The third-order valence-corrected chi connectivity index (χ3v) is 7.65. The Bertz CT molecular complexity index is 1350. The van der Waals surface area contributed by atoms with Gasteiger partial charge in [0.2, 0.25) is 5.91 Å². The monoisotopic (exact) mass is 527 g/mol. The lowest BCUT2D eigenvalue weighted by atomic mass is 9.86. The van der Waals surface area contributed by atoms with Crippen LogP contribution in [0.25, 0.3) is 0 Å². The molecule has 1 amide bonds. The molecule has 2 aromatic heterocycles. The lowest BCUT2D eigenvalue weighted by Crippen LogP contribution is -2.38. The van der Waals surface area contributed by atoms with Gasteiger partial charge in [0, 0.05) is 37.0 Å². The summed E-state index contributed by atoms with van der Waals surface area (Å²) in [5, 5.41) is 7.01. The highest BCUT2D eigenvalue weighted by Crippen LogP contribution is 2.40. The van der Waals surface area contributed by atoms with Crippen LogP contribution in [0.3, 0.4) is 0 Å². The molecule has 12 heteroatoms. The number of ether oxygens (including phenoxy) is 1. The molecule has 1 aromatic carbocycles. The molecule has 6 rings (SSSR count). The van der Waals surface area contributed by atoms with Crippen molar-refractivity contribution < 1.29 is 22.7 Å². The highest BCUT2D eigenvalue weighted by atomic mass is 19.4. The van der Waals surface area contributed by atoms with Gasteiger partial charge in [0.25, 0.3) is 5.82 Å². The largest absolute Gasteiger partial charge is 0.453 e. The van der Waals surface area contributed by atoms with Crippen LogP contribution in [0.1, 0.15) is 42.9 Å².